The summed E-state index contributed by atoms with van der Waals surface area (Å²) in [7, 11) is 0. The monoisotopic (exact) mass is 466 g/mol. The van der Waals surface area contributed by atoms with Gasteiger partial charge in [0, 0.05) is 15.6 Å². The number of aromatic hydroxyl groups is 1. The van der Waals surface area contributed by atoms with Gasteiger partial charge in [0.25, 0.3) is 0 Å². The van der Waals surface area contributed by atoms with Crippen LogP contribution in [0, 0.1) is 22.8 Å². The molecule has 2 aromatic rings. The number of halogens is 3. The number of hydrogen-bond acceptors (Lipinski definition) is 9. The molecule has 0 amide bonds. The second kappa shape index (κ2) is 7.00. The van der Waals surface area contributed by atoms with Crippen LogP contribution >= 0.6 is 39.1 Å². The van der Waals surface area contributed by atoms with Gasteiger partial charge in [-0.3, -0.25) is 5.32 Å². The van der Waals surface area contributed by atoms with Gasteiger partial charge in [0.15, 0.2) is 6.19 Å². The zero-order valence-corrected chi connectivity index (χ0v) is 16.3. The molecule has 1 atom stereocenters. The lowest BCUT2D eigenvalue weighted by atomic mass is 9.94. The van der Waals surface area contributed by atoms with Gasteiger partial charge in [0.05, 0.1) is 10.7 Å². The first-order chi connectivity index (χ1) is 12.8. The zero-order valence-electron chi connectivity index (χ0n) is 13.2. The molecule has 27 heavy (non-hydrogen) atoms. The standard InChI is InChI=1S/C15H9BrCl2N8O/c16-6-1-4(12(27)9(18)8(6)17)11-7-10(21)5(2-19)13(22)25-14(7)26-15(24-11)23-3-20/h1,11,27H,(H6,21,22,23,24,25,26). The van der Waals surface area contributed by atoms with Gasteiger partial charge in [-0.1, -0.05) is 23.2 Å². The summed E-state index contributed by atoms with van der Waals surface area (Å²) in [5.41, 5.74) is 12.5. The van der Waals surface area contributed by atoms with Crippen LogP contribution in [-0.4, -0.2) is 16.1 Å². The van der Waals surface area contributed by atoms with Crippen molar-refractivity contribution < 1.29 is 5.11 Å². The smallest absolute Gasteiger partial charge is 0.211 e. The van der Waals surface area contributed by atoms with Crippen LogP contribution in [0.15, 0.2) is 15.5 Å². The number of aliphatic imine (C=N–C) groups is 1. The number of guanidine groups is 1. The maximum atomic E-state index is 10.5. The lowest BCUT2D eigenvalue weighted by Gasteiger charge is -2.27. The largest absolute Gasteiger partial charge is 0.506 e. The molecule has 0 radical (unpaired) electrons. The minimum atomic E-state index is -0.941. The number of nitriles is 2. The summed E-state index contributed by atoms with van der Waals surface area (Å²) in [5, 5.41) is 33.9. The summed E-state index contributed by atoms with van der Waals surface area (Å²) < 4.78 is 0.412. The Hall–Kier alpha value is -2.92. The molecule has 12 heteroatoms. The lowest BCUT2D eigenvalue weighted by molar-refractivity contribution is 0.465. The van der Waals surface area contributed by atoms with Gasteiger partial charge >= 0.3 is 0 Å². The number of nitrogen functional groups attached to an aromatic ring is 2. The van der Waals surface area contributed by atoms with Crippen molar-refractivity contribution in [2.24, 2.45) is 4.99 Å². The Bertz CT molecular complexity index is 1090. The molecule has 9 nitrogen and oxygen atoms in total. The molecule has 0 saturated heterocycles. The fourth-order valence-electron chi connectivity index (χ4n) is 2.62. The summed E-state index contributed by atoms with van der Waals surface area (Å²) in [5.74, 6) is -0.175. The molecule has 2 heterocycles. The van der Waals surface area contributed by atoms with E-state index >= 15 is 0 Å². The predicted molar refractivity (Wildman–Crippen MR) is 105 cm³/mol. The Kier molecular flexibility index (Phi) is 4.89. The van der Waals surface area contributed by atoms with Gasteiger partial charge in [-0.15, -0.1) is 0 Å². The third kappa shape index (κ3) is 3.04. The molecule has 7 N–H and O–H groups in total. The van der Waals surface area contributed by atoms with E-state index in [4.69, 9.17) is 39.9 Å². The molecule has 0 aliphatic carbocycles. The number of phenols is 1. The quantitative estimate of drug-likeness (QED) is 0.242. The molecule has 1 aliphatic heterocycles. The van der Waals surface area contributed by atoms with Gasteiger partial charge < -0.3 is 21.9 Å². The molecule has 0 saturated carbocycles. The zero-order chi connectivity index (χ0) is 19.9. The maximum Gasteiger partial charge on any atom is 0.211 e. The van der Waals surface area contributed by atoms with Crippen LogP contribution in [0.5, 0.6) is 5.75 Å². The Morgan fingerprint density at radius 1 is 1.30 bits per heavy atom. The van der Waals surface area contributed by atoms with Crippen molar-refractivity contribution in [2.75, 3.05) is 16.8 Å². The van der Waals surface area contributed by atoms with E-state index in [0.717, 1.165) is 0 Å². The average Bonchev–Trinajstić information content (AvgIpc) is 2.62. The minimum Gasteiger partial charge on any atom is -0.506 e. The molecule has 0 spiro atoms. The third-order valence-electron chi connectivity index (χ3n) is 3.82. The lowest BCUT2D eigenvalue weighted by Crippen LogP contribution is -2.32. The third-order valence-corrected chi connectivity index (χ3v) is 5.53. The van der Waals surface area contributed by atoms with Crippen LogP contribution in [0.25, 0.3) is 0 Å². The second-order valence-corrected chi connectivity index (χ2v) is 6.94. The molecule has 1 aliphatic rings. The maximum absolute atomic E-state index is 10.5. The minimum absolute atomic E-state index is 0.0222. The first-order valence-electron chi connectivity index (χ1n) is 7.15. The summed E-state index contributed by atoms with van der Waals surface area (Å²) in [6.45, 7) is 0. The number of aromatic nitrogens is 1. The number of hydrogen-bond donors (Lipinski definition) is 5. The Balaban J connectivity index is 2.34. The van der Waals surface area contributed by atoms with Crippen molar-refractivity contribution in [3.8, 4) is 18.0 Å². The van der Waals surface area contributed by atoms with Crippen molar-refractivity contribution in [2.45, 2.75) is 6.04 Å². The highest BCUT2D eigenvalue weighted by molar-refractivity contribution is 9.10. The van der Waals surface area contributed by atoms with E-state index in [1.165, 1.54) is 6.07 Å². The van der Waals surface area contributed by atoms with Crippen LogP contribution in [0.3, 0.4) is 0 Å². The first-order valence-corrected chi connectivity index (χ1v) is 8.70. The number of rotatable bonds is 1. The van der Waals surface area contributed by atoms with Crippen LogP contribution in [-0.2, 0) is 0 Å². The molecule has 1 aromatic heterocycles. The van der Waals surface area contributed by atoms with Crippen molar-refractivity contribution in [1.29, 1.82) is 10.5 Å². The van der Waals surface area contributed by atoms with E-state index < -0.39 is 6.04 Å². The van der Waals surface area contributed by atoms with Gasteiger partial charge in [0.1, 0.15) is 40.1 Å². The van der Waals surface area contributed by atoms with Crippen LogP contribution in [0.1, 0.15) is 22.7 Å². The molecular weight excluding hydrogens is 459 g/mol. The highest BCUT2D eigenvalue weighted by Crippen LogP contribution is 2.48. The van der Waals surface area contributed by atoms with E-state index in [9.17, 15) is 10.4 Å². The molecule has 0 bridgehead atoms. The normalized spacial score (nSPS) is 15.0. The number of anilines is 3. The Morgan fingerprint density at radius 2 is 2.00 bits per heavy atom. The predicted octanol–water partition coefficient (Wildman–Crippen LogP) is 2.83. The van der Waals surface area contributed by atoms with Crippen LogP contribution in [0.2, 0.25) is 10.0 Å². The first kappa shape index (κ1) is 18.9. The van der Waals surface area contributed by atoms with Gasteiger partial charge in [0.2, 0.25) is 5.96 Å². The summed E-state index contributed by atoms with van der Waals surface area (Å²) >= 11 is 15.4. The fourth-order valence-corrected chi connectivity index (χ4v) is 3.53. The number of fused-ring (bicyclic) bond motifs is 1. The number of nitrogens with one attached hydrogen (secondary N) is 2. The van der Waals surface area contributed by atoms with Gasteiger partial charge in [-0.05, 0) is 22.0 Å². The average molecular weight is 468 g/mol. The van der Waals surface area contributed by atoms with E-state index in [1.54, 1.807) is 6.19 Å². The van der Waals surface area contributed by atoms with Crippen LogP contribution in [0.4, 0.5) is 17.3 Å². The Morgan fingerprint density at radius 3 is 2.63 bits per heavy atom. The number of phenolic OH excluding ortho intramolecular Hbond substituents is 1. The molecule has 1 unspecified atom stereocenters. The van der Waals surface area contributed by atoms with Crippen molar-refractivity contribution in [3.63, 3.8) is 0 Å². The number of benzene rings is 1. The molecule has 3 rings (SSSR count). The second-order valence-electron chi connectivity index (χ2n) is 5.33. The van der Waals surface area contributed by atoms with Crippen molar-refractivity contribution in [3.05, 3.63) is 37.3 Å². The number of nitrogens with zero attached hydrogens (tertiary/aromatic N) is 4. The molecular formula is C15H9BrCl2N8O. The van der Waals surface area contributed by atoms with Crippen LogP contribution < -0.4 is 22.1 Å². The summed E-state index contributed by atoms with van der Waals surface area (Å²) in [4.78, 5) is 8.47. The Labute approximate surface area is 171 Å². The topological polar surface area (TPSA) is 169 Å². The van der Waals surface area contributed by atoms with Gasteiger partial charge in [-0.25, -0.2) is 9.98 Å². The molecule has 1 aromatic carbocycles. The van der Waals surface area contributed by atoms with E-state index in [-0.39, 0.29) is 50.2 Å². The molecule has 136 valence electrons. The fraction of sp³-hybridized carbons (Fsp3) is 0.0667. The molecule has 0 fully saturated rings. The van der Waals surface area contributed by atoms with Gasteiger partial charge in [-0.2, -0.15) is 10.5 Å². The highest BCUT2D eigenvalue weighted by Gasteiger charge is 2.32. The number of pyridine rings is 1. The number of nitrogens with two attached hydrogens (primary N) is 2. The van der Waals surface area contributed by atoms with E-state index in [0.29, 0.717) is 10.0 Å². The highest BCUT2D eigenvalue weighted by atomic mass is 79.9. The van der Waals surface area contributed by atoms with Crippen molar-refractivity contribution in [1.82, 2.24) is 10.3 Å². The summed E-state index contributed by atoms with van der Waals surface area (Å²) in [6, 6.07) is 2.46. The SMILES string of the molecule is N#CNC1=NC(c2cc(Br)c(Cl)c(Cl)c2O)c2c(nc(N)c(C#N)c2N)N1. The van der Waals surface area contributed by atoms with Crippen molar-refractivity contribution >= 4 is 62.4 Å². The van der Waals surface area contributed by atoms with E-state index in [2.05, 4.69) is 36.5 Å². The summed E-state index contributed by atoms with van der Waals surface area (Å²) in [6.07, 6.45) is 1.73. The van der Waals surface area contributed by atoms with E-state index in [1.807, 2.05) is 6.07 Å².